The van der Waals surface area contributed by atoms with Crippen LogP contribution in [0.25, 0.3) is 0 Å². The minimum atomic E-state index is -4.17. The molecule has 0 rings (SSSR count). The summed E-state index contributed by atoms with van der Waals surface area (Å²) in [5.74, 6) is 0. The van der Waals surface area contributed by atoms with Crippen molar-refractivity contribution in [1.82, 2.24) is 0 Å². The van der Waals surface area contributed by atoms with Gasteiger partial charge in [-0.2, -0.15) is 4.20 Å². The topological polar surface area (TPSA) is 44.1 Å². The van der Waals surface area contributed by atoms with Crippen LogP contribution in [-0.4, -0.2) is 4.89 Å². The minimum Gasteiger partial charge on any atom is -0.325 e. The van der Waals surface area contributed by atoms with Crippen molar-refractivity contribution in [1.29, 1.82) is 5.16 Å². The Hall–Kier alpha value is 0.410. The van der Waals surface area contributed by atoms with Gasteiger partial charge in [-0.1, -0.05) is 0 Å². The first-order chi connectivity index (χ1) is 2.00. The summed E-state index contributed by atoms with van der Waals surface area (Å²) in [4.78, 5) is 7.40. The molecule has 0 bridgehead atoms. The summed E-state index contributed by atoms with van der Waals surface area (Å²) in [6.07, 6.45) is 0. The molecule has 0 aliphatic heterocycles. The van der Waals surface area contributed by atoms with E-state index in [1.807, 2.05) is 0 Å². The van der Waals surface area contributed by atoms with Crippen molar-refractivity contribution in [3.63, 3.8) is 0 Å². The van der Waals surface area contributed by atoms with Crippen molar-refractivity contribution in [3.05, 3.63) is 0 Å². The molecule has 0 aromatic carbocycles. The number of hydrogen-bond donors (Lipinski definition) is 2. The van der Waals surface area contributed by atoms with Gasteiger partial charge in [0.1, 0.15) is 0 Å². The Morgan fingerprint density at radius 3 is 2.00 bits per heavy atom. The summed E-state index contributed by atoms with van der Waals surface area (Å²) < 4.78 is 10.8. The maximum atomic E-state index is 10.8. The highest BCUT2D eigenvalue weighted by Gasteiger charge is 1.97. The SMILES string of the molecule is N=P(O)(F)Cl. The predicted molar refractivity (Wildman–Crippen MR) is 18.8 cm³/mol. The van der Waals surface area contributed by atoms with Crippen molar-refractivity contribution in [2.45, 2.75) is 0 Å². The zero-order valence-corrected chi connectivity index (χ0v) is 3.80. The van der Waals surface area contributed by atoms with Crippen LogP contribution in [0.4, 0.5) is 4.20 Å². The van der Waals surface area contributed by atoms with Gasteiger partial charge in [0.25, 0.3) is 0 Å². The van der Waals surface area contributed by atoms with Gasteiger partial charge < -0.3 is 4.89 Å². The molecule has 1 atom stereocenters. The quantitative estimate of drug-likeness (QED) is 0.466. The van der Waals surface area contributed by atoms with Crippen molar-refractivity contribution in [3.8, 4) is 0 Å². The zero-order valence-electron chi connectivity index (χ0n) is 2.15. The fourth-order valence-electron chi connectivity index (χ4n) is 0. The molecule has 1 unspecified atom stereocenters. The van der Waals surface area contributed by atoms with E-state index in [0.29, 0.717) is 0 Å². The number of nitrogens with one attached hydrogen (secondary N) is 1. The van der Waals surface area contributed by atoms with Crippen LogP contribution in [-0.2, 0) is 0 Å². The maximum absolute atomic E-state index is 10.8. The molecule has 0 aliphatic rings. The second kappa shape index (κ2) is 1.25. The average molecular weight is 117 g/mol. The Kier molecular flexibility index (Phi) is 1.35. The molecule has 5 heavy (non-hydrogen) atoms. The molecule has 0 aromatic heterocycles. The van der Waals surface area contributed by atoms with E-state index in [2.05, 4.69) is 11.2 Å². The molecule has 0 radical (unpaired) electrons. The number of rotatable bonds is 0. The Bertz CT molecular complexity index is 57.8. The summed E-state index contributed by atoms with van der Waals surface area (Å²) in [5, 5.41) is 5.70. The van der Waals surface area contributed by atoms with Crippen molar-refractivity contribution in [2.24, 2.45) is 0 Å². The van der Waals surface area contributed by atoms with Crippen molar-refractivity contribution >= 4 is 18.2 Å². The maximum Gasteiger partial charge on any atom is 0.341 e. The van der Waals surface area contributed by atoms with E-state index < -0.39 is 6.94 Å². The van der Waals surface area contributed by atoms with E-state index in [1.54, 1.807) is 0 Å². The molecule has 32 valence electrons. The van der Waals surface area contributed by atoms with Crippen LogP contribution >= 0.6 is 18.2 Å². The lowest BCUT2D eigenvalue weighted by atomic mass is 14.0. The van der Waals surface area contributed by atoms with E-state index in [-0.39, 0.29) is 0 Å². The highest BCUT2D eigenvalue weighted by Crippen LogP contribution is 2.48. The fourth-order valence-corrected chi connectivity index (χ4v) is 0. The molecule has 0 aromatic rings. The Balaban J connectivity index is 3.47. The van der Waals surface area contributed by atoms with Crippen LogP contribution in [0.5, 0.6) is 0 Å². The molecular weight excluding hydrogens is 115 g/mol. The Labute approximate surface area is 33.4 Å². The summed E-state index contributed by atoms with van der Waals surface area (Å²) in [7, 11) is 0. The van der Waals surface area contributed by atoms with Gasteiger partial charge in [-0.3, -0.25) is 5.16 Å². The third kappa shape index (κ3) is 152. The molecule has 2 N–H and O–H groups in total. The highest BCUT2D eigenvalue weighted by atomic mass is 35.7. The van der Waals surface area contributed by atoms with Crippen molar-refractivity contribution in [2.75, 3.05) is 0 Å². The highest BCUT2D eigenvalue weighted by molar-refractivity contribution is 7.81. The van der Waals surface area contributed by atoms with Gasteiger partial charge >= 0.3 is 6.94 Å². The van der Waals surface area contributed by atoms with E-state index in [9.17, 15) is 4.20 Å². The molecule has 0 fully saturated rings. The molecule has 2 nitrogen and oxygen atoms in total. The fraction of sp³-hybridized carbons (Fsp3) is 0. The van der Waals surface area contributed by atoms with Crippen LogP contribution in [0.3, 0.4) is 0 Å². The first-order valence-corrected chi connectivity index (χ1v) is 3.30. The van der Waals surface area contributed by atoms with E-state index >= 15 is 0 Å². The zero-order chi connectivity index (χ0) is 4.50. The molecule has 0 heterocycles. The Morgan fingerprint density at radius 2 is 2.00 bits per heavy atom. The van der Waals surface area contributed by atoms with Gasteiger partial charge in [-0.05, 0) is 11.2 Å². The van der Waals surface area contributed by atoms with Gasteiger partial charge in [0.2, 0.25) is 0 Å². The summed E-state index contributed by atoms with van der Waals surface area (Å²) in [6.45, 7) is -4.17. The first-order valence-electron chi connectivity index (χ1n) is 0.762. The molecule has 5 heteroatoms. The lowest BCUT2D eigenvalue weighted by Crippen LogP contribution is -1.40. The van der Waals surface area contributed by atoms with Crippen LogP contribution in [0.2, 0.25) is 0 Å². The van der Waals surface area contributed by atoms with Crippen LogP contribution in [0, 0.1) is 5.16 Å². The predicted octanol–water partition coefficient (Wildman–Crippen LogP) is 1.71. The molecular formula is H2ClFNOP. The molecule has 0 spiro atoms. The normalized spacial score (nSPS) is 21.4. The lowest BCUT2D eigenvalue weighted by Gasteiger charge is -1.81. The second-order valence-corrected chi connectivity index (χ2v) is 2.80. The van der Waals surface area contributed by atoms with E-state index in [0.717, 1.165) is 0 Å². The standard InChI is InChI=1S/ClFH2NOP/c1-5(2,3)4/h(H2,3,4). The summed E-state index contributed by atoms with van der Waals surface area (Å²) in [5.41, 5.74) is 0. The molecule has 0 amide bonds. The van der Waals surface area contributed by atoms with Gasteiger partial charge in [0.15, 0.2) is 0 Å². The van der Waals surface area contributed by atoms with Gasteiger partial charge in [-0.15, -0.1) is 0 Å². The largest absolute Gasteiger partial charge is 0.341 e. The number of hydrogen-bond acceptors (Lipinski definition) is 1. The molecule has 0 saturated carbocycles. The first kappa shape index (κ1) is 5.41. The van der Waals surface area contributed by atoms with Gasteiger partial charge in [-0.25, -0.2) is 0 Å². The van der Waals surface area contributed by atoms with Crippen LogP contribution < -0.4 is 0 Å². The summed E-state index contributed by atoms with van der Waals surface area (Å²) >= 11 is 4.20. The monoisotopic (exact) mass is 117 g/mol. The van der Waals surface area contributed by atoms with Crippen molar-refractivity contribution < 1.29 is 9.09 Å². The summed E-state index contributed by atoms with van der Waals surface area (Å²) in [6, 6.07) is 0. The average Bonchev–Trinajstić information content (AvgIpc) is 0.722. The van der Waals surface area contributed by atoms with Crippen LogP contribution in [0.1, 0.15) is 0 Å². The molecule has 0 saturated heterocycles. The lowest BCUT2D eigenvalue weighted by molar-refractivity contribution is 0.568. The van der Waals surface area contributed by atoms with Gasteiger partial charge in [0.05, 0.1) is 0 Å². The second-order valence-electron chi connectivity index (χ2n) is 0.484. The smallest absolute Gasteiger partial charge is 0.325 e. The van der Waals surface area contributed by atoms with Gasteiger partial charge in [0, 0.05) is 0 Å². The Morgan fingerprint density at radius 1 is 2.00 bits per heavy atom. The van der Waals surface area contributed by atoms with Crippen LogP contribution in [0.15, 0.2) is 0 Å². The third-order valence-electron chi connectivity index (χ3n) is 0. The molecule has 0 aliphatic carbocycles. The van der Waals surface area contributed by atoms with E-state index in [1.165, 1.54) is 0 Å². The minimum absolute atomic E-state index is 4.17. The van der Waals surface area contributed by atoms with E-state index in [4.69, 9.17) is 10.1 Å². The third-order valence-corrected chi connectivity index (χ3v) is 0. The number of halogens is 2.